The highest BCUT2D eigenvalue weighted by atomic mass is 19.1. The Morgan fingerprint density at radius 1 is 1.24 bits per heavy atom. The Morgan fingerprint density at radius 3 is 2.64 bits per heavy atom. The van der Waals surface area contributed by atoms with Crippen molar-refractivity contribution in [2.45, 2.75) is 6.42 Å². The van der Waals surface area contributed by atoms with Crippen molar-refractivity contribution in [2.75, 3.05) is 25.1 Å². The second-order valence-electron chi connectivity index (χ2n) is 5.96. The van der Waals surface area contributed by atoms with Crippen LogP contribution in [0.15, 0.2) is 48.5 Å². The third kappa shape index (κ3) is 3.79. The van der Waals surface area contributed by atoms with Crippen molar-refractivity contribution in [3.8, 4) is 5.75 Å². The maximum Gasteiger partial charge on any atom is 0.254 e. The molecule has 1 aliphatic heterocycles. The molecule has 0 saturated carbocycles. The molecule has 0 bridgehead atoms. The van der Waals surface area contributed by atoms with E-state index in [1.807, 2.05) is 12.1 Å². The summed E-state index contributed by atoms with van der Waals surface area (Å²) in [7, 11) is 1.59. The molecule has 1 fully saturated rings. The second kappa shape index (κ2) is 7.34. The lowest BCUT2D eigenvalue weighted by atomic mass is 10.1. The minimum atomic E-state index is -0.553. The topological polar surface area (TPSA) is 58.6 Å². The van der Waals surface area contributed by atoms with Gasteiger partial charge >= 0.3 is 0 Å². The van der Waals surface area contributed by atoms with Crippen molar-refractivity contribution < 1.29 is 18.7 Å². The number of hydrogen-bond acceptors (Lipinski definition) is 3. The fourth-order valence-corrected chi connectivity index (χ4v) is 2.91. The van der Waals surface area contributed by atoms with Crippen molar-refractivity contribution in [1.29, 1.82) is 0 Å². The summed E-state index contributed by atoms with van der Waals surface area (Å²) in [5.74, 6) is -0.291. The third-order valence-electron chi connectivity index (χ3n) is 4.26. The number of nitrogens with one attached hydrogen (secondary N) is 1. The number of methoxy groups -OCH3 is 1. The van der Waals surface area contributed by atoms with Crippen molar-refractivity contribution >= 4 is 17.5 Å². The lowest BCUT2D eigenvalue weighted by Gasteiger charge is -2.17. The van der Waals surface area contributed by atoms with Gasteiger partial charge in [0.15, 0.2) is 0 Å². The molecule has 1 N–H and O–H groups in total. The number of carbonyl (C=O) groups excluding carboxylic acids is 2. The molecule has 0 radical (unpaired) electrons. The predicted octanol–water partition coefficient (Wildman–Crippen LogP) is 2.62. The highest BCUT2D eigenvalue weighted by Gasteiger charge is 2.30. The Labute approximate surface area is 145 Å². The van der Waals surface area contributed by atoms with E-state index in [2.05, 4.69) is 5.32 Å². The third-order valence-corrected chi connectivity index (χ3v) is 4.26. The van der Waals surface area contributed by atoms with Gasteiger partial charge in [-0.3, -0.25) is 9.59 Å². The molecule has 130 valence electrons. The number of halogens is 1. The fraction of sp³-hybridized carbons (Fsp3) is 0.263. The summed E-state index contributed by atoms with van der Waals surface area (Å²) in [4.78, 5) is 26.0. The molecular formula is C19H19FN2O3. The molecule has 1 atom stereocenters. The summed E-state index contributed by atoms with van der Waals surface area (Å²) in [5.41, 5.74) is 0.813. The standard InChI is InChI=1S/C19H19FN2O3/c1-25-15-8-6-14(7-9-15)22-12-13(10-18(22)23)11-21-19(24)16-4-2-3-5-17(16)20/h2-9,13H,10-12H2,1H3,(H,21,24)/t13-/m0/s1. The number of ether oxygens (including phenoxy) is 1. The van der Waals surface area contributed by atoms with Crippen molar-refractivity contribution in [3.05, 3.63) is 59.9 Å². The number of carbonyl (C=O) groups is 2. The van der Waals surface area contributed by atoms with Crippen molar-refractivity contribution in [2.24, 2.45) is 5.92 Å². The van der Waals surface area contributed by atoms with E-state index in [9.17, 15) is 14.0 Å². The molecule has 2 amide bonds. The van der Waals surface area contributed by atoms with Crippen LogP contribution in [0, 0.1) is 11.7 Å². The summed E-state index contributed by atoms with van der Waals surface area (Å²) in [6.45, 7) is 0.842. The Hall–Kier alpha value is -2.89. The van der Waals surface area contributed by atoms with Gasteiger partial charge in [-0.15, -0.1) is 0 Å². The van der Waals surface area contributed by atoms with Crippen LogP contribution in [0.1, 0.15) is 16.8 Å². The Balaban J connectivity index is 1.59. The molecular weight excluding hydrogens is 323 g/mol. The number of hydrogen-bond donors (Lipinski definition) is 1. The highest BCUT2D eigenvalue weighted by Crippen LogP contribution is 2.26. The minimum Gasteiger partial charge on any atom is -0.497 e. The molecule has 0 aliphatic carbocycles. The van der Waals surface area contributed by atoms with Crippen LogP contribution >= 0.6 is 0 Å². The molecule has 25 heavy (non-hydrogen) atoms. The number of amides is 2. The summed E-state index contributed by atoms with van der Waals surface area (Å²) in [5, 5.41) is 2.71. The van der Waals surface area contributed by atoms with E-state index in [4.69, 9.17) is 4.74 Å². The maximum absolute atomic E-state index is 13.6. The van der Waals surface area contributed by atoms with Gasteiger partial charge in [0.1, 0.15) is 11.6 Å². The van der Waals surface area contributed by atoms with Gasteiger partial charge < -0.3 is 15.0 Å². The zero-order valence-corrected chi connectivity index (χ0v) is 13.9. The molecule has 5 nitrogen and oxygen atoms in total. The first-order valence-electron chi connectivity index (χ1n) is 8.05. The quantitative estimate of drug-likeness (QED) is 0.909. The van der Waals surface area contributed by atoms with Crippen LogP contribution in [-0.2, 0) is 4.79 Å². The summed E-state index contributed by atoms with van der Waals surface area (Å²) in [6, 6.07) is 13.1. The van der Waals surface area contributed by atoms with Gasteiger partial charge in [0.2, 0.25) is 5.91 Å². The van der Waals surface area contributed by atoms with Gasteiger partial charge in [-0.25, -0.2) is 4.39 Å². The first-order chi connectivity index (χ1) is 12.1. The SMILES string of the molecule is COc1ccc(N2C[C@H](CNC(=O)c3ccccc3F)CC2=O)cc1. The van der Waals surface area contributed by atoms with Gasteiger partial charge in [-0.05, 0) is 36.4 Å². The van der Waals surface area contributed by atoms with Crippen molar-refractivity contribution in [1.82, 2.24) is 5.32 Å². The Morgan fingerprint density at radius 2 is 1.96 bits per heavy atom. The second-order valence-corrected chi connectivity index (χ2v) is 5.96. The predicted molar refractivity (Wildman–Crippen MR) is 92.2 cm³/mol. The lowest BCUT2D eigenvalue weighted by molar-refractivity contribution is -0.117. The van der Waals surface area contributed by atoms with Gasteiger partial charge in [0.25, 0.3) is 5.91 Å². The van der Waals surface area contributed by atoms with Crippen LogP contribution in [0.5, 0.6) is 5.75 Å². The molecule has 1 aliphatic rings. The smallest absolute Gasteiger partial charge is 0.254 e. The normalized spacial score (nSPS) is 16.8. The fourth-order valence-electron chi connectivity index (χ4n) is 2.91. The lowest BCUT2D eigenvalue weighted by Crippen LogP contribution is -2.31. The van der Waals surface area contributed by atoms with Crippen LogP contribution in [0.3, 0.4) is 0 Å². The molecule has 0 spiro atoms. The molecule has 1 saturated heterocycles. The van der Waals surface area contributed by atoms with Gasteiger partial charge in [-0.2, -0.15) is 0 Å². The summed E-state index contributed by atoms with van der Waals surface area (Å²) < 4.78 is 18.7. The molecule has 0 aromatic heterocycles. The average molecular weight is 342 g/mol. The minimum absolute atomic E-state index is 0.00896. The highest BCUT2D eigenvalue weighted by molar-refractivity contribution is 5.96. The van der Waals surface area contributed by atoms with Crippen molar-refractivity contribution in [3.63, 3.8) is 0 Å². The van der Waals surface area contributed by atoms with E-state index in [-0.39, 0.29) is 17.4 Å². The van der Waals surface area contributed by atoms with E-state index in [0.717, 1.165) is 11.4 Å². The Bertz CT molecular complexity index is 776. The molecule has 1 heterocycles. The van der Waals surface area contributed by atoms with Crippen LogP contribution in [0.4, 0.5) is 10.1 Å². The molecule has 2 aromatic rings. The summed E-state index contributed by atoms with van der Waals surface area (Å²) in [6.07, 6.45) is 0.351. The van der Waals surface area contributed by atoms with Crippen LogP contribution in [0.2, 0.25) is 0 Å². The molecule has 6 heteroatoms. The number of benzene rings is 2. The zero-order valence-electron chi connectivity index (χ0n) is 13.9. The van der Waals surface area contributed by atoms with E-state index in [1.54, 1.807) is 30.2 Å². The molecule has 0 unspecified atom stereocenters. The van der Waals surface area contributed by atoms with E-state index < -0.39 is 11.7 Å². The monoisotopic (exact) mass is 342 g/mol. The number of nitrogens with zero attached hydrogens (tertiary/aromatic N) is 1. The first kappa shape index (κ1) is 17.0. The van der Waals surface area contributed by atoms with Crippen LogP contribution in [0.25, 0.3) is 0 Å². The van der Waals surface area contributed by atoms with Gasteiger partial charge in [0.05, 0.1) is 12.7 Å². The molecule has 3 rings (SSSR count). The molecule has 2 aromatic carbocycles. The van der Waals surface area contributed by atoms with E-state index in [1.165, 1.54) is 18.2 Å². The van der Waals surface area contributed by atoms with E-state index in [0.29, 0.717) is 19.5 Å². The van der Waals surface area contributed by atoms with E-state index >= 15 is 0 Å². The Kier molecular flexibility index (Phi) is 4.97. The summed E-state index contributed by atoms with van der Waals surface area (Å²) >= 11 is 0. The van der Waals surface area contributed by atoms with Crippen LogP contribution in [-0.4, -0.2) is 32.0 Å². The van der Waals surface area contributed by atoms with Crippen LogP contribution < -0.4 is 15.0 Å². The maximum atomic E-state index is 13.6. The number of rotatable bonds is 5. The number of anilines is 1. The van der Waals surface area contributed by atoms with Gasteiger partial charge in [-0.1, -0.05) is 12.1 Å². The first-order valence-corrected chi connectivity index (χ1v) is 8.05. The zero-order chi connectivity index (χ0) is 17.8. The van der Waals surface area contributed by atoms with Gasteiger partial charge in [0, 0.05) is 31.1 Å². The average Bonchev–Trinajstić information content (AvgIpc) is 3.01. The largest absolute Gasteiger partial charge is 0.497 e.